The van der Waals surface area contributed by atoms with E-state index in [1.807, 2.05) is 129 Å². The molecule has 4 aromatic rings. The number of fused-ring (bicyclic) bond motifs is 1. The molecule has 4 atom stereocenters. The SMILES string of the molecule is CCc1cccc(CC)c1N1C(=O)C2C(c3ccc(/C=C/c4ccccc4)cc3)NC(Cc3ccccc3)(C(=O)O)C2C1=O. The van der Waals surface area contributed by atoms with Crippen molar-refractivity contribution in [2.75, 3.05) is 4.90 Å². The minimum atomic E-state index is -1.67. The number of para-hydroxylation sites is 1. The molecule has 2 aliphatic heterocycles. The minimum absolute atomic E-state index is 0.0711. The largest absolute Gasteiger partial charge is 0.480 e. The van der Waals surface area contributed by atoms with Crippen LogP contribution in [0.25, 0.3) is 12.2 Å². The molecule has 2 amide bonds. The molecule has 4 unspecified atom stereocenters. The molecule has 2 fully saturated rings. The number of nitrogens with zero attached hydrogens (tertiary/aromatic N) is 1. The first-order valence-corrected chi connectivity index (χ1v) is 15.2. The first-order chi connectivity index (χ1) is 21.4. The van der Waals surface area contributed by atoms with E-state index >= 15 is 0 Å². The number of aryl methyl sites for hydroxylation is 2. The number of hydrogen-bond acceptors (Lipinski definition) is 4. The van der Waals surface area contributed by atoms with E-state index < -0.39 is 35.3 Å². The van der Waals surface area contributed by atoms with Crippen LogP contribution in [-0.4, -0.2) is 28.4 Å². The van der Waals surface area contributed by atoms with Gasteiger partial charge in [-0.1, -0.05) is 129 Å². The number of aliphatic carboxylic acids is 1. The van der Waals surface area contributed by atoms with E-state index in [9.17, 15) is 19.5 Å². The van der Waals surface area contributed by atoms with Crippen molar-refractivity contribution in [1.29, 1.82) is 0 Å². The standard InChI is InChI=1S/C38H36N2O4/c1-3-28-16-11-17-29(4-2)34(28)40-35(41)31-32(36(40)42)38(37(43)44,24-27-14-9-6-10-15-27)39-33(31)30-22-20-26(21-23-30)19-18-25-12-7-5-8-13-25/h5-23,31-33,39H,3-4,24H2,1-2H3,(H,43,44)/b19-18+. The lowest BCUT2D eigenvalue weighted by molar-refractivity contribution is -0.148. The molecule has 0 aromatic heterocycles. The number of nitrogens with one attached hydrogen (secondary N) is 1. The van der Waals surface area contributed by atoms with Crippen molar-refractivity contribution in [1.82, 2.24) is 5.32 Å². The Morgan fingerprint density at radius 1 is 0.773 bits per heavy atom. The summed E-state index contributed by atoms with van der Waals surface area (Å²) in [7, 11) is 0. The Hall–Kier alpha value is -4.81. The van der Waals surface area contributed by atoms with Crippen LogP contribution >= 0.6 is 0 Å². The minimum Gasteiger partial charge on any atom is -0.480 e. The summed E-state index contributed by atoms with van der Waals surface area (Å²) in [4.78, 5) is 43.6. The number of hydrogen-bond donors (Lipinski definition) is 2. The Bertz CT molecular complexity index is 1690. The van der Waals surface area contributed by atoms with Gasteiger partial charge >= 0.3 is 5.97 Å². The van der Waals surface area contributed by atoms with E-state index in [0.29, 0.717) is 18.5 Å². The van der Waals surface area contributed by atoms with Crippen LogP contribution in [0.3, 0.4) is 0 Å². The molecular formula is C38H36N2O4. The first kappa shape index (κ1) is 29.3. The molecule has 222 valence electrons. The highest BCUT2D eigenvalue weighted by molar-refractivity contribution is 6.25. The molecule has 0 bridgehead atoms. The van der Waals surface area contributed by atoms with Gasteiger partial charge in [-0.2, -0.15) is 0 Å². The molecule has 4 aromatic carbocycles. The van der Waals surface area contributed by atoms with Crippen LogP contribution in [-0.2, 0) is 33.6 Å². The van der Waals surface area contributed by atoms with Crippen molar-refractivity contribution in [3.63, 3.8) is 0 Å². The Morgan fingerprint density at radius 2 is 1.34 bits per heavy atom. The lowest BCUT2D eigenvalue weighted by Crippen LogP contribution is -2.57. The van der Waals surface area contributed by atoms with Crippen LogP contribution < -0.4 is 10.2 Å². The number of carboxylic acid groups (broad SMARTS) is 1. The predicted molar refractivity (Wildman–Crippen MR) is 173 cm³/mol. The zero-order valence-corrected chi connectivity index (χ0v) is 24.9. The fourth-order valence-corrected chi connectivity index (χ4v) is 6.94. The Labute approximate surface area is 258 Å². The fourth-order valence-electron chi connectivity index (χ4n) is 6.94. The summed E-state index contributed by atoms with van der Waals surface area (Å²) >= 11 is 0. The van der Waals surface area contributed by atoms with Gasteiger partial charge in [0.15, 0.2) is 0 Å². The Balaban J connectivity index is 1.44. The molecule has 0 radical (unpaired) electrons. The third-order valence-electron chi connectivity index (χ3n) is 9.11. The average Bonchev–Trinajstić information content (AvgIpc) is 3.53. The third-order valence-corrected chi connectivity index (χ3v) is 9.11. The van der Waals surface area contributed by atoms with E-state index in [1.54, 1.807) is 0 Å². The van der Waals surface area contributed by atoms with Gasteiger partial charge in [-0.3, -0.25) is 19.7 Å². The van der Waals surface area contributed by atoms with Gasteiger partial charge in [0, 0.05) is 12.5 Å². The normalized spacial score (nSPS) is 23.0. The quantitative estimate of drug-likeness (QED) is 0.173. The van der Waals surface area contributed by atoms with Crippen molar-refractivity contribution in [3.05, 3.63) is 137 Å². The highest BCUT2D eigenvalue weighted by Crippen LogP contribution is 2.51. The van der Waals surface area contributed by atoms with E-state index in [1.165, 1.54) is 4.90 Å². The lowest BCUT2D eigenvalue weighted by Gasteiger charge is -2.32. The second-order valence-electron chi connectivity index (χ2n) is 11.6. The van der Waals surface area contributed by atoms with Gasteiger partial charge in [-0.15, -0.1) is 0 Å². The molecular weight excluding hydrogens is 548 g/mol. The van der Waals surface area contributed by atoms with Gasteiger partial charge in [-0.05, 0) is 46.2 Å². The van der Waals surface area contributed by atoms with Crippen LogP contribution in [0.2, 0.25) is 0 Å². The molecule has 44 heavy (non-hydrogen) atoms. The third kappa shape index (κ3) is 5.05. The number of carbonyl (C=O) groups is 3. The maximum Gasteiger partial charge on any atom is 0.325 e. The second-order valence-corrected chi connectivity index (χ2v) is 11.6. The molecule has 2 saturated heterocycles. The van der Waals surface area contributed by atoms with Gasteiger partial charge in [-0.25, -0.2) is 4.90 Å². The van der Waals surface area contributed by atoms with Crippen molar-refractivity contribution < 1.29 is 19.5 Å². The lowest BCUT2D eigenvalue weighted by atomic mass is 9.76. The molecule has 6 heteroatoms. The van der Waals surface area contributed by atoms with Crippen molar-refractivity contribution >= 4 is 35.6 Å². The van der Waals surface area contributed by atoms with Crippen molar-refractivity contribution in [2.45, 2.75) is 44.7 Å². The molecule has 2 aliphatic rings. The molecule has 0 saturated carbocycles. The van der Waals surface area contributed by atoms with Crippen LogP contribution in [0.1, 0.15) is 53.3 Å². The van der Waals surface area contributed by atoms with E-state index in [-0.39, 0.29) is 12.3 Å². The Morgan fingerprint density at radius 3 is 1.91 bits per heavy atom. The summed E-state index contributed by atoms with van der Waals surface area (Å²) in [5.41, 5.74) is 4.35. The average molecular weight is 585 g/mol. The molecule has 6 rings (SSSR count). The van der Waals surface area contributed by atoms with Gasteiger partial charge in [0.2, 0.25) is 11.8 Å². The topological polar surface area (TPSA) is 86.7 Å². The number of anilines is 1. The summed E-state index contributed by atoms with van der Waals surface area (Å²) in [5, 5.41) is 14.2. The van der Waals surface area contributed by atoms with Crippen molar-refractivity contribution in [2.24, 2.45) is 11.8 Å². The summed E-state index contributed by atoms with van der Waals surface area (Å²) < 4.78 is 0. The summed E-state index contributed by atoms with van der Waals surface area (Å²) in [5.74, 6) is -3.89. The summed E-state index contributed by atoms with van der Waals surface area (Å²) in [6, 6.07) is 32.3. The Kier molecular flexibility index (Phi) is 8.02. The maximum absolute atomic E-state index is 14.5. The van der Waals surface area contributed by atoms with Crippen LogP contribution in [0, 0.1) is 11.8 Å². The van der Waals surface area contributed by atoms with E-state index in [2.05, 4.69) is 5.32 Å². The van der Waals surface area contributed by atoms with E-state index in [4.69, 9.17) is 0 Å². The number of rotatable bonds is 9. The summed E-state index contributed by atoms with van der Waals surface area (Å²) in [6.07, 6.45) is 5.40. The molecule has 0 aliphatic carbocycles. The number of benzene rings is 4. The van der Waals surface area contributed by atoms with Gasteiger partial charge < -0.3 is 5.11 Å². The van der Waals surface area contributed by atoms with Gasteiger partial charge in [0.1, 0.15) is 5.54 Å². The van der Waals surface area contributed by atoms with E-state index in [0.717, 1.165) is 33.4 Å². The van der Waals surface area contributed by atoms with Crippen molar-refractivity contribution in [3.8, 4) is 0 Å². The maximum atomic E-state index is 14.5. The van der Waals surface area contributed by atoms with Crippen LogP contribution in [0.15, 0.2) is 103 Å². The van der Waals surface area contributed by atoms with Gasteiger partial charge in [0.05, 0.1) is 17.5 Å². The number of imide groups is 1. The number of amides is 2. The highest BCUT2D eigenvalue weighted by atomic mass is 16.4. The van der Waals surface area contributed by atoms with Crippen LogP contribution in [0.5, 0.6) is 0 Å². The first-order valence-electron chi connectivity index (χ1n) is 15.2. The van der Waals surface area contributed by atoms with Gasteiger partial charge in [0.25, 0.3) is 0 Å². The highest BCUT2D eigenvalue weighted by Gasteiger charge is 2.68. The molecule has 2 N–H and O–H groups in total. The molecule has 6 nitrogen and oxygen atoms in total. The number of carboxylic acids is 1. The molecule has 0 spiro atoms. The smallest absolute Gasteiger partial charge is 0.325 e. The zero-order valence-electron chi connectivity index (χ0n) is 24.9. The van der Waals surface area contributed by atoms with Crippen LogP contribution in [0.4, 0.5) is 5.69 Å². The fraction of sp³-hybridized carbons (Fsp3) is 0.237. The predicted octanol–water partition coefficient (Wildman–Crippen LogP) is 6.50. The zero-order chi connectivity index (χ0) is 30.8. The monoisotopic (exact) mass is 584 g/mol. The number of carbonyl (C=O) groups excluding carboxylic acids is 2. The second kappa shape index (κ2) is 12.1. The summed E-state index contributed by atoms with van der Waals surface area (Å²) in [6.45, 7) is 4.00. The molecule has 2 heterocycles.